The molecule has 1 saturated heterocycles. The monoisotopic (exact) mass is 468 g/mol. The number of anilines is 1. The zero-order valence-corrected chi connectivity index (χ0v) is 20.1. The van der Waals surface area contributed by atoms with Gasteiger partial charge in [0.25, 0.3) is 5.91 Å². The summed E-state index contributed by atoms with van der Waals surface area (Å²) in [5.74, 6) is 0.402. The van der Waals surface area contributed by atoms with Gasteiger partial charge in [-0.15, -0.1) is 0 Å². The molecule has 1 aliphatic heterocycles. The van der Waals surface area contributed by atoms with E-state index in [1.165, 1.54) is 16.9 Å². The first-order valence-electron chi connectivity index (χ1n) is 10.9. The van der Waals surface area contributed by atoms with Crippen molar-refractivity contribution in [1.82, 2.24) is 4.90 Å². The van der Waals surface area contributed by atoms with Crippen molar-refractivity contribution in [3.8, 4) is 11.5 Å². The van der Waals surface area contributed by atoms with E-state index in [1.54, 1.807) is 12.1 Å². The number of carbonyl (C=O) groups is 2. The molecule has 174 valence electrons. The van der Waals surface area contributed by atoms with Crippen LogP contribution in [0.5, 0.6) is 11.5 Å². The molecule has 0 unspecified atom stereocenters. The second-order valence-corrected chi connectivity index (χ2v) is 7.57. The van der Waals surface area contributed by atoms with Gasteiger partial charge in [0, 0.05) is 11.6 Å². The summed E-state index contributed by atoms with van der Waals surface area (Å²) in [6, 6.07) is 13.0. The molecule has 0 spiro atoms. The predicted octanol–water partition coefficient (Wildman–Crippen LogP) is 4.19. The first-order valence-corrected chi connectivity index (χ1v) is 11.3. The number of aryl methyl sites for hydroxylation is 1. The van der Waals surface area contributed by atoms with Crippen LogP contribution in [0.4, 0.5) is 5.69 Å². The number of benzene rings is 2. The van der Waals surface area contributed by atoms with Crippen molar-refractivity contribution in [2.75, 3.05) is 31.8 Å². The van der Waals surface area contributed by atoms with Gasteiger partial charge >= 0.3 is 5.97 Å². The molecule has 0 radical (unpaired) electrons. The van der Waals surface area contributed by atoms with Gasteiger partial charge in [-0.05, 0) is 68.4 Å². The third kappa shape index (κ3) is 5.34. The molecule has 0 atom stereocenters. The van der Waals surface area contributed by atoms with Gasteiger partial charge in [-0.1, -0.05) is 19.1 Å². The van der Waals surface area contributed by atoms with Crippen LogP contribution in [0, 0.1) is 0 Å². The van der Waals surface area contributed by atoms with Crippen molar-refractivity contribution in [3.05, 3.63) is 59.3 Å². The smallest absolute Gasteiger partial charge is 0.325 e. The van der Waals surface area contributed by atoms with Crippen LogP contribution in [0.25, 0.3) is 6.08 Å². The molecular weight excluding hydrogens is 440 g/mol. The maximum atomic E-state index is 13.5. The van der Waals surface area contributed by atoms with E-state index in [-0.39, 0.29) is 23.3 Å². The molecule has 0 bridgehead atoms. The topological polar surface area (TPSA) is 68.3 Å². The summed E-state index contributed by atoms with van der Waals surface area (Å²) in [4.78, 5) is 28.5. The predicted molar refractivity (Wildman–Crippen MR) is 131 cm³/mol. The zero-order valence-electron chi connectivity index (χ0n) is 19.3. The molecule has 0 aliphatic carbocycles. The minimum atomic E-state index is -0.504. The highest BCUT2D eigenvalue weighted by atomic mass is 32.1. The number of methoxy groups -OCH3 is 1. The Hall–Kier alpha value is -3.39. The molecule has 1 amide bonds. The number of rotatable bonds is 9. The maximum Gasteiger partial charge on any atom is 0.325 e. The number of hydrogen-bond donors (Lipinski definition) is 0. The highest BCUT2D eigenvalue weighted by Gasteiger charge is 2.40. The van der Waals surface area contributed by atoms with E-state index in [1.807, 2.05) is 50.2 Å². The minimum absolute atomic E-state index is 0.183. The Balaban J connectivity index is 2.06. The highest BCUT2D eigenvalue weighted by Crippen LogP contribution is 2.32. The summed E-state index contributed by atoms with van der Waals surface area (Å²) in [5.41, 5.74) is 2.71. The van der Waals surface area contributed by atoms with E-state index >= 15 is 0 Å². The lowest BCUT2D eigenvalue weighted by molar-refractivity contribution is -0.140. The summed E-state index contributed by atoms with van der Waals surface area (Å²) in [5, 5.41) is 0.213. The molecule has 3 rings (SSSR count). The molecule has 0 aromatic heterocycles. The van der Waals surface area contributed by atoms with Crippen molar-refractivity contribution in [2.45, 2.75) is 27.2 Å². The summed E-state index contributed by atoms with van der Waals surface area (Å²) < 4.78 is 16.2. The Bertz CT molecular complexity index is 1060. The molecule has 8 heteroatoms. The van der Waals surface area contributed by atoms with E-state index in [0.29, 0.717) is 36.0 Å². The molecule has 1 fully saturated rings. The van der Waals surface area contributed by atoms with Gasteiger partial charge < -0.3 is 19.1 Å². The number of thiocarbonyl (C=S) groups is 1. The fraction of sp³-hybridized carbons (Fsp3) is 0.320. The van der Waals surface area contributed by atoms with E-state index in [2.05, 4.69) is 6.92 Å². The van der Waals surface area contributed by atoms with Crippen LogP contribution >= 0.6 is 12.2 Å². The third-order valence-corrected chi connectivity index (χ3v) is 5.54. The lowest BCUT2D eigenvalue weighted by Crippen LogP contribution is -2.35. The number of hydrogen-bond acceptors (Lipinski definition) is 6. The highest BCUT2D eigenvalue weighted by molar-refractivity contribution is 7.80. The summed E-state index contributed by atoms with van der Waals surface area (Å²) in [6.45, 7) is 6.63. The van der Waals surface area contributed by atoms with Gasteiger partial charge in [-0.3, -0.25) is 14.5 Å². The molecule has 1 heterocycles. The lowest BCUT2D eigenvalue weighted by atomic mass is 10.1. The largest absolute Gasteiger partial charge is 0.494 e. The standard InChI is InChI=1S/C25H28N2O5S/c1-5-17-8-11-19(12-9-17)27-24(29)21(26(25(27)33)16-23(28)30-4)14-18-10-13-20(31-6-2)15-22(18)32-7-3/h8-15H,5-7,16H2,1-4H3/b21-14-. The molecule has 0 N–H and O–H groups in total. The van der Waals surface area contributed by atoms with Gasteiger partial charge in [-0.2, -0.15) is 0 Å². The Morgan fingerprint density at radius 2 is 1.73 bits per heavy atom. The second kappa shape index (κ2) is 11.0. The Kier molecular flexibility index (Phi) is 8.06. The number of nitrogens with zero attached hydrogens (tertiary/aromatic N) is 2. The van der Waals surface area contributed by atoms with E-state index in [9.17, 15) is 9.59 Å². The lowest BCUT2D eigenvalue weighted by Gasteiger charge is -2.19. The fourth-order valence-electron chi connectivity index (χ4n) is 3.45. The van der Waals surface area contributed by atoms with Crippen LogP contribution in [-0.4, -0.2) is 48.8 Å². The average molecular weight is 469 g/mol. The molecule has 33 heavy (non-hydrogen) atoms. The van der Waals surface area contributed by atoms with Gasteiger partial charge in [0.1, 0.15) is 23.7 Å². The summed E-state index contributed by atoms with van der Waals surface area (Å²) in [7, 11) is 1.30. The van der Waals surface area contributed by atoms with Crippen LogP contribution in [0.3, 0.4) is 0 Å². The summed E-state index contributed by atoms with van der Waals surface area (Å²) >= 11 is 5.61. The number of carbonyl (C=O) groups excluding carboxylic acids is 2. The normalized spacial score (nSPS) is 14.7. The first kappa shape index (κ1) is 24.3. The van der Waals surface area contributed by atoms with Crippen molar-refractivity contribution < 1.29 is 23.8 Å². The van der Waals surface area contributed by atoms with Gasteiger partial charge in [0.2, 0.25) is 0 Å². The Morgan fingerprint density at radius 1 is 1.03 bits per heavy atom. The number of amides is 1. The Morgan fingerprint density at radius 3 is 2.33 bits per heavy atom. The quantitative estimate of drug-likeness (QED) is 0.310. The fourth-order valence-corrected chi connectivity index (χ4v) is 3.80. The van der Waals surface area contributed by atoms with E-state index < -0.39 is 5.97 Å². The van der Waals surface area contributed by atoms with E-state index in [4.69, 9.17) is 26.4 Å². The van der Waals surface area contributed by atoms with Gasteiger partial charge in [-0.25, -0.2) is 0 Å². The minimum Gasteiger partial charge on any atom is -0.494 e. The van der Waals surface area contributed by atoms with Crippen LogP contribution in [-0.2, 0) is 20.7 Å². The maximum absolute atomic E-state index is 13.5. The Labute approximate surface area is 199 Å². The molecule has 7 nitrogen and oxygen atoms in total. The summed E-state index contributed by atoms with van der Waals surface area (Å²) in [6.07, 6.45) is 2.56. The molecule has 2 aromatic carbocycles. The SMILES string of the molecule is CCOc1ccc(/C=C2/C(=O)N(c3ccc(CC)cc3)C(=S)N2CC(=O)OC)c(OCC)c1. The zero-order chi connectivity index (χ0) is 24.0. The average Bonchev–Trinajstić information content (AvgIpc) is 3.04. The van der Waals surface area contributed by atoms with Crippen molar-refractivity contribution in [3.63, 3.8) is 0 Å². The van der Waals surface area contributed by atoms with Crippen molar-refractivity contribution in [2.24, 2.45) is 0 Å². The van der Waals surface area contributed by atoms with Crippen LogP contribution < -0.4 is 14.4 Å². The molecular formula is C25H28N2O5S. The molecule has 2 aromatic rings. The number of esters is 1. The third-order valence-electron chi connectivity index (χ3n) is 5.14. The van der Waals surface area contributed by atoms with Crippen molar-refractivity contribution in [1.29, 1.82) is 0 Å². The second-order valence-electron chi connectivity index (χ2n) is 7.20. The molecule has 1 aliphatic rings. The first-order chi connectivity index (χ1) is 15.9. The van der Waals surface area contributed by atoms with Crippen molar-refractivity contribution >= 4 is 41.0 Å². The number of ether oxygens (including phenoxy) is 3. The van der Waals surface area contributed by atoms with E-state index in [0.717, 1.165) is 12.0 Å². The van der Waals surface area contributed by atoms with Gasteiger partial charge in [0.05, 0.1) is 26.0 Å². The molecule has 0 saturated carbocycles. The van der Waals surface area contributed by atoms with Gasteiger partial charge in [0.15, 0.2) is 5.11 Å². The van der Waals surface area contributed by atoms with Crippen LogP contribution in [0.15, 0.2) is 48.2 Å². The van der Waals surface area contributed by atoms with Crippen LogP contribution in [0.1, 0.15) is 31.9 Å². The van der Waals surface area contributed by atoms with Crippen LogP contribution in [0.2, 0.25) is 0 Å².